The van der Waals surface area contributed by atoms with Crippen molar-refractivity contribution in [1.82, 2.24) is 0 Å². The van der Waals surface area contributed by atoms with Crippen molar-refractivity contribution in [3.05, 3.63) is 42.1 Å². The number of hydrogen-bond donors (Lipinski definition) is 0. The minimum Gasteiger partial charge on any atom is -0.691 e. The van der Waals surface area contributed by atoms with Gasteiger partial charge in [0, 0.05) is 41.7 Å². The van der Waals surface area contributed by atoms with E-state index in [1.54, 1.807) is 0 Å². The minimum atomic E-state index is 0.757. The molecule has 0 unspecified atom stereocenters. The number of nitrogens with zero attached hydrogens (tertiary/aromatic N) is 1. The lowest BCUT2D eigenvalue weighted by atomic mass is 10.1. The first kappa shape index (κ1) is 14.3. The molecule has 5 heteroatoms. The van der Waals surface area contributed by atoms with Crippen LogP contribution in [0.25, 0.3) is 10.9 Å². The van der Waals surface area contributed by atoms with Crippen LogP contribution in [-0.4, -0.2) is 5.75 Å². The molecule has 1 aromatic heterocycles. The quantitative estimate of drug-likeness (QED) is 0.256. The molecule has 0 N–H and O–H groups in total. The summed E-state index contributed by atoms with van der Waals surface area (Å²) in [5, 5.41) is 14.2. The third-order valence-corrected chi connectivity index (χ3v) is 3.70. The lowest BCUT2D eigenvalue weighted by Crippen LogP contribution is -2.34. The van der Waals surface area contributed by atoms with Crippen molar-refractivity contribution in [2.45, 2.75) is 26.3 Å². The zero-order valence-electron chi connectivity index (χ0n) is 10.9. The largest absolute Gasteiger partial charge is 0.691 e. The Morgan fingerprint density at radius 3 is 2.89 bits per heavy atom. The van der Waals surface area contributed by atoms with Crippen LogP contribution in [0.4, 0.5) is 0 Å². The zero-order valence-corrected chi connectivity index (χ0v) is 11.7. The number of aromatic nitrogens is 1. The SMILES string of the molecule is Cc1cc[n+](CCCCSOO[O-])c2ccccc12. The van der Waals surface area contributed by atoms with Gasteiger partial charge in [0.1, 0.15) is 6.54 Å². The second-order valence-electron chi connectivity index (χ2n) is 4.37. The van der Waals surface area contributed by atoms with Crippen molar-refractivity contribution in [2.75, 3.05) is 5.75 Å². The van der Waals surface area contributed by atoms with E-state index in [4.69, 9.17) is 0 Å². The van der Waals surface area contributed by atoms with Gasteiger partial charge in [-0.25, -0.2) is 0 Å². The Bertz CT molecular complexity index is 533. The highest BCUT2D eigenvalue weighted by molar-refractivity contribution is 7.94. The fourth-order valence-electron chi connectivity index (χ4n) is 2.12. The highest BCUT2D eigenvalue weighted by Gasteiger charge is 2.09. The maximum atomic E-state index is 9.62. The Kier molecular flexibility index (Phi) is 5.60. The molecule has 0 spiro atoms. The maximum absolute atomic E-state index is 9.62. The van der Waals surface area contributed by atoms with Crippen LogP contribution >= 0.6 is 12.0 Å². The normalized spacial score (nSPS) is 11.1. The monoisotopic (exact) mass is 279 g/mol. The Morgan fingerprint density at radius 2 is 2.05 bits per heavy atom. The third-order valence-electron chi connectivity index (χ3n) is 3.10. The average molecular weight is 279 g/mol. The molecule has 0 aliphatic carbocycles. The van der Waals surface area contributed by atoms with Gasteiger partial charge in [-0.1, -0.05) is 12.1 Å². The summed E-state index contributed by atoms with van der Waals surface area (Å²) in [6.07, 6.45) is 4.14. The van der Waals surface area contributed by atoms with Gasteiger partial charge in [-0.15, -0.1) is 0 Å². The first-order chi connectivity index (χ1) is 9.33. The summed E-state index contributed by atoms with van der Waals surface area (Å²) in [6, 6.07) is 10.6. The third kappa shape index (κ3) is 3.91. The Labute approximate surface area is 117 Å². The van der Waals surface area contributed by atoms with Crippen molar-refractivity contribution >= 4 is 22.9 Å². The second-order valence-corrected chi connectivity index (χ2v) is 5.15. The fourth-order valence-corrected chi connectivity index (χ4v) is 2.55. The van der Waals surface area contributed by atoms with Crippen LogP contribution in [0.3, 0.4) is 0 Å². The van der Waals surface area contributed by atoms with E-state index in [0.29, 0.717) is 0 Å². The van der Waals surface area contributed by atoms with E-state index >= 15 is 0 Å². The Hall–Kier alpha value is -1.14. The van der Waals surface area contributed by atoms with Crippen LogP contribution in [0, 0.1) is 6.92 Å². The van der Waals surface area contributed by atoms with Crippen LogP contribution < -0.4 is 9.82 Å². The van der Waals surface area contributed by atoms with Gasteiger partial charge >= 0.3 is 0 Å². The average Bonchev–Trinajstić information content (AvgIpc) is 2.45. The molecule has 0 atom stereocenters. The molecule has 19 heavy (non-hydrogen) atoms. The van der Waals surface area contributed by atoms with Gasteiger partial charge in [-0.05, 0) is 25.0 Å². The van der Waals surface area contributed by atoms with Gasteiger partial charge in [-0.3, -0.25) is 5.04 Å². The van der Waals surface area contributed by atoms with Gasteiger partial charge in [0.15, 0.2) is 6.20 Å². The van der Waals surface area contributed by atoms with E-state index in [2.05, 4.69) is 57.4 Å². The molecule has 0 fully saturated rings. The van der Waals surface area contributed by atoms with Crippen LogP contribution in [-0.2, 0) is 15.9 Å². The number of benzene rings is 1. The summed E-state index contributed by atoms with van der Waals surface area (Å²) in [4.78, 5) is 0. The van der Waals surface area contributed by atoms with Crippen LogP contribution in [0.2, 0.25) is 0 Å². The Balaban J connectivity index is 1.96. The van der Waals surface area contributed by atoms with Gasteiger partial charge in [0.25, 0.3) is 0 Å². The predicted octanol–water partition coefficient (Wildman–Crippen LogP) is 2.09. The zero-order chi connectivity index (χ0) is 13.5. The summed E-state index contributed by atoms with van der Waals surface area (Å²) in [7, 11) is 0. The van der Waals surface area contributed by atoms with Gasteiger partial charge in [-0.2, -0.15) is 8.90 Å². The molecule has 102 valence electrons. The van der Waals surface area contributed by atoms with E-state index in [9.17, 15) is 5.26 Å². The molecular weight excluding hydrogens is 262 g/mol. The first-order valence-corrected chi connectivity index (χ1v) is 7.20. The molecule has 0 amide bonds. The molecule has 0 aliphatic heterocycles. The van der Waals surface area contributed by atoms with E-state index in [0.717, 1.165) is 37.2 Å². The fraction of sp³-hybridized carbons (Fsp3) is 0.357. The molecule has 0 saturated carbocycles. The molecule has 2 rings (SSSR count). The lowest BCUT2D eigenvalue weighted by Gasteiger charge is -2.04. The lowest BCUT2D eigenvalue weighted by molar-refractivity contribution is -0.777. The van der Waals surface area contributed by atoms with Crippen molar-refractivity contribution in [3.63, 3.8) is 0 Å². The summed E-state index contributed by atoms with van der Waals surface area (Å²) >= 11 is 1.05. The van der Waals surface area contributed by atoms with E-state index in [1.165, 1.54) is 16.5 Å². The highest BCUT2D eigenvalue weighted by Crippen LogP contribution is 2.14. The van der Waals surface area contributed by atoms with Gasteiger partial charge in [0.05, 0.1) is 0 Å². The number of hydrogen-bond acceptors (Lipinski definition) is 4. The van der Waals surface area contributed by atoms with Crippen molar-refractivity contribution < 1.29 is 19.2 Å². The molecule has 0 saturated heterocycles. The van der Waals surface area contributed by atoms with E-state index < -0.39 is 0 Å². The van der Waals surface area contributed by atoms with Crippen molar-refractivity contribution in [1.29, 1.82) is 0 Å². The summed E-state index contributed by atoms with van der Waals surface area (Å²) in [5.41, 5.74) is 2.55. The number of para-hydroxylation sites is 1. The molecule has 0 aliphatic rings. The van der Waals surface area contributed by atoms with Crippen molar-refractivity contribution in [2.24, 2.45) is 0 Å². The number of unbranched alkanes of at least 4 members (excludes halogenated alkanes) is 1. The number of fused-ring (bicyclic) bond motifs is 1. The van der Waals surface area contributed by atoms with Crippen molar-refractivity contribution in [3.8, 4) is 0 Å². The standard InChI is InChI=1S/C14H17NO3S/c1-12-8-10-15(9-4-5-11-19-18-17-16)14-7-3-2-6-13(12)14/h2-3,6-8,10H,4-5,9,11H2,1H3. The summed E-state index contributed by atoms with van der Waals surface area (Å²) in [5.74, 6) is 0.757. The van der Waals surface area contributed by atoms with Gasteiger partial charge in [0.2, 0.25) is 5.52 Å². The predicted molar refractivity (Wildman–Crippen MR) is 72.7 cm³/mol. The minimum absolute atomic E-state index is 0.757. The van der Waals surface area contributed by atoms with E-state index in [1.807, 2.05) is 0 Å². The molecule has 0 radical (unpaired) electrons. The molecule has 1 heterocycles. The number of aryl methyl sites for hydroxylation is 2. The number of pyridine rings is 1. The smallest absolute Gasteiger partial charge is 0.212 e. The van der Waals surface area contributed by atoms with Crippen LogP contribution in [0.15, 0.2) is 36.5 Å². The first-order valence-electron chi connectivity index (χ1n) is 6.29. The Morgan fingerprint density at radius 1 is 1.21 bits per heavy atom. The topological polar surface area (TPSA) is 45.4 Å². The summed E-state index contributed by atoms with van der Waals surface area (Å²) < 4.78 is 6.49. The van der Waals surface area contributed by atoms with E-state index in [-0.39, 0.29) is 0 Å². The second kappa shape index (κ2) is 7.45. The molecule has 1 aromatic carbocycles. The summed E-state index contributed by atoms with van der Waals surface area (Å²) in [6.45, 7) is 3.09. The van der Waals surface area contributed by atoms with Gasteiger partial charge < -0.3 is 5.26 Å². The number of rotatable bonds is 7. The van der Waals surface area contributed by atoms with Crippen LogP contribution in [0.5, 0.6) is 0 Å². The molecule has 0 bridgehead atoms. The van der Waals surface area contributed by atoms with Crippen LogP contribution in [0.1, 0.15) is 18.4 Å². The molecule has 2 aromatic rings. The maximum Gasteiger partial charge on any atom is 0.212 e. The molecule has 4 nitrogen and oxygen atoms in total. The molecular formula is C14H17NO3S. The highest BCUT2D eigenvalue weighted by atomic mass is 32.2.